The second-order valence-electron chi connectivity index (χ2n) is 12.5. The summed E-state index contributed by atoms with van der Waals surface area (Å²) in [4.78, 5) is 36.0. The first-order chi connectivity index (χ1) is 22.1. The second-order valence-corrected chi connectivity index (χ2v) is 14.4. The van der Waals surface area contributed by atoms with Crippen molar-refractivity contribution in [3.05, 3.63) is 78.6 Å². The van der Waals surface area contributed by atoms with Gasteiger partial charge >= 0.3 is 4.87 Å². The van der Waals surface area contributed by atoms with Gasteiger partial charge < -0.3 is 30.2 Å². The summed E-state index contributed by atoms with van der Waals surface area (Å²) in [5.41, 5.74) is 2.68. The van der Waals surface area contributed by atoms with Crippen molar-refractivity contribution < 1.29 is 24.1 Å². The van der Waals surface area contributed by atoms with E-state index in [-0.39, 0.29) is 34.5 Å². The molecule has 4 aromatic rings. The van der Waals surface area contributed by atoms with Crippen LogP contribution in [0, 0.1) is 5.82 Å². The number of ether oxygens (including phenoxy) is 1. The van der Waals surface area contributed by atoms with Gasteiger partial charge in [-0.3, -0.25) is 14.5 Å². The Morgan fingerprint density at radius 2 is 2.02 bits per heavy atom. The molecule has 2 aromatic heterocycles. The number of aliphatic hydroxyl groups is 1. The van der Waals surface area contributed by atoms with Gasteiger partial charge in [0, 0.05) is 55.1 Å². The maximum atomic E-state index is 14.9. The number of hydrogen-bond acceptors (Lipinski definition) is 10. The number of likely N-dealkylation sites (tertiary alicyclic amines) is 1. The lowest BCUT2D eigenvalue weighted by Crippen LogP contribution is -2.58. The zero-order valence-electron chi connectivity index (χ0n) is 26.1. The first kappa shape index (κ1) is 32.7. The molecule has 2 aromatic carbocycles. The number of benzene rings is 2. The number of aromatic nitrogens is 2. The molecule has 46 heavy (non-hydrogen) atoms. The minimum Gasteiger partial charge on any atom is -0.506 e. The van der Waals surface area contributed by atoms with Crippen LogP contribution >= 0.6 is 22.7 Å². The van der Waals surface area contributed by atoms with E-state index >= 15 is 0 Å². The van der Waals surface area contributed by atoms with Crippen molar-refractivity contribution in [1.29, 1.82) is 0 Å². The van der Waals surface area contributed by atoms with Crippen molar-refractivity contribution in [3.63, 3.8) is 0 Å². The van der Waals surface area contributed by atoms with E-state index in [1.54, 1.807) is 12.1 Å². The Bertz CT molecular complexity index is 1750. The van der Waals surface area contributed by atoms with Gasteiger partial charge in [-0.1, -0.05) is 43.4 Å². The number of amides is 1. The van der Waals surface area contributed by atoms with Crippen LogP contribution in [0.1, 0.15) is 70.9 Å². The molecule has 1 amide bonds. The molecule has 10 nitrogen and oxygen atoms in total. The fourth-order valence-corrected chi connectivity index (χ4v) is 8.01. The number of phenolic OH excluding ortho intramolecular Hbond substituents is 1. The second kappa shape index (κ2) is 13.9. The zero-order valence-corrected chi connectivity index (χ0v) is 27.7. The van der Waals surface area contributed by atoms with Crippen LogP contribution < -0.4 is 10.2 Å². The number of carbonyl (C=O) groups excluding carboxylic acids is 1. The maximum absolute atomic E-state index is 14.9. The molecule has 0 aliphatic carbocycles. The van der Waals surface area contributed by atoms with E-state index in [0.29, 0.717) is 72.2 Å². The molecule has 4 heterocycles. The summed E-state index contributed by atoms with van der Waals surface area (Å²) in [6, 6.07) is 8.31. The molecule has 1 spiro atoms. The third-order valence-electron chi connectivity index (χ3n) is 8.92. The maximum Gasteiger partial charge on any atom is 0.305 e. The average Bonchev–Trinajstić information content (AvgIpc) is 3.70. The van der Waals surface area contributed by atoms with Crippen LogP contribution in [0.3, 0.4) is 0 Å². The monoisotopic (exact) mass is 669 g/mol. The highest BCUT2D eigenvalue weighted by Crippen LogP contribution is 2.33. The Morgan fingerprint density at radius 3 is 2.78 bits per heavy atom. The van der Waals surface area contributed by atoms with E-state index in [9.17, 15) is 24.2 Å². The Labute approximate surface area is 274 Å². The minimum absolute atomic E-state index is 0.0263. The highest BCUT2D eigenvalue weighted by Gasteiger charge is 2.41. The van der Waals surface area contributed by atoms with Gasteiger partial charge in [-0.2, -0.15) is 0 Å². The first-order valence-electron chi connectivity index (χ1n) is 15.7. The molecule has 13 heteroatoms. The number of fused-ring (bicyclic) bond motifs is 1. The fraction of sp³-hybridized carbons (Fsp3) is 0.485. The standard InChI is InChI=1S/C33H40FN5O5S2/c1-20(2)30-36-25(18-45-30)31(42)39-13-14-44-33(19-39)8-11-38(12-9-33)17-22-15-21(3-5-24(22)34)7-10-35-16-27(41)23-4-6-26(40)28-29(23)46-32(43)37-28/h3-6,15,18,20,27,35,40-41H,7-14,16-17,19H2,1-2H3,(H,37,43)/t27-/m0/s1. The van der Waals surface area contributed by atoms with Gasteiger partial charge in [0.15, 0.2) is 0 Å². The molecule has 4 N–H and O–H groups in total. The van der Waals surface area contributed by atoms with Gasteiger partial charge in [0.25, 0.3) is 5.91 Å². The van der Waals surface area contributed by atoms with Crippen molar-refractivity contribution in [1.82, 2.24) is 25.1 Å². The van der Waals surface area contributed by atoms with Gasteiger partial charge in [0.1, 0.15) is 22.8 Å². The van der Waals surface area contributed by atoms with Crippen molar-refractivity contribution in [2.75, 3.05) is 45.9 Å². The van der Waals surface area contributed by atoms with Crippen LogP contribution in [0.15, 0.2) is 40.5 Å². The lowest BCUT2D eigenvalue weighted by atomic mass is 9.89. The summed E-state index contributed by atoms with van der Waals surface area (Å²) in [6.45, 7) is 8.59. The minimum atomic E-state index is -0.857. The number of morpholine rings is 1. The first-order valence-corrected chi connectivity index (χ1v) is 17.4. The molecular weight excluding hydrogens is 630 g/mol. The summed E-state index contributed by atoms with van der Waals surface area (Å²) < 4.78 is 21.7. The number of thiazole rings is 2. The lowest BCUT2D eigenvalue weighted by Gasteiger charge is -2.47. The van der Waals surface area contributed by atoms with E-state index < -0.39 is 6.10 Å². The number of nitrogens with one attached hydrogen (secondary N) is 2. The van der Waals surface area contributed by atoms with Crippen molar-refractivity contribution in [2.45, 2.75) is 57.3 Å². The number of phenols is 1. The largest absolute Gasteiger partial charge is 0.506 e. The highest BCUT2D eigenvalue weighted by atomic mass is 32.1. The number of halogens is 1. The van der Waals surface area contributed by atoms with Crippen molar-refractivity contribution in [2.24, 2.45) is 0 Å². The molecule has 246 valence electrons. The van der Waals surface area contributed by atoms with Crippen LogP contribution in [0.2, 0.25) is 0 Å². The third-order valence-corrected chi connectivity index (χ3v) is 11.0. The summed E-state index contributed by atoms with van der Waals surface area (Å²) in [5, 5.41) is 26.8. The molecule has 0 saturated carbocycles. The smallest absolute Gasteiger partial charge is 0.305 e. The third kappa shape index (κ3) is 7.19. The molecule has 6 rings (SSSR count). The van der Waals surface area contributed by atoms with Gasteiger partial charge in [-0.15, -0.1) is 11.3 Å². The Balaban J connectivity index is 0.990. The fourth-order valence-electron chi connectivity index (χ4n) is 6.28. The predicted octanol–water partition coefficient (Wildman–Crippen LogP) is 4.39. The molecule has 2 fully saturated rings. The van der Waals surface area contributed by atoms with E-state index in [2.05, 4.69) is 34.0 Å². The number of aliphatic hydroxyl groups excluding tert-OH is 1. The predicted molar refractivity (Wildman–Crippen MR) is 177 cm³/mol. The molecule has 0 radical (unpaired) electrons. The van der Waals surface area contributed by atoms with Crippen molar-refractivity contribution >= 4 is 38.8 Å². The lowest BCUT2D eigenvalue weighted by molar-refractivity contribution is -0.128. The zero-order chi connectivity index (χ0) is 32.4. The van der Waals surface area contributed by atoms with Gasteiger partial charge in [0.05, 0.1) is 34.6 Å². The summed E-state index contributed by atoms with van der Waals surface area (Å²) in [5.74, 6) is -0.00297. The molecule has 2 aliphatic rings. The molecule has 0 unspecified atom stereocenters. The number of piperidine rings is 1. The van der Waals surface area contributed by atoms with Crippen LogP contribution in [-0.4, -0.2) is 87.4 Å². The van der Waals surface area contributed by atoms with E-state index in [0.717, 1.165) is 47.8 Å². The van der Waals surface area contributed by atoms with Gasteiger partial charge in [0.2, 0.25) is 0 Å². The summed E-state index contributed by atoms with van der Waals surface area (Å²) in [7, 11) is 0. The van der Waals surface area contributed by atoms with Gasteiger partial charge in [-0.05, 0) is 43.5 Å². The van der Waals surface area contributed by atoms with Crippen LogP contribution in [0.25, 0.3) is 10.2 Å². The molecule has 1 atom stereocenters. The van der Waals surface area contributed by atoms with Crippen molar-refractivity contribution in [3.8, 4) is 5.75 Å². The van der Waals surface area contributed by atoms with Crippen LogP contribution in [0.5, 0.6) is 5.75 Å². The molecule has 2 aliphatic heterocycles. The number of carbonyl (C=O) groups is 1. The number of rotatable bonds is 10. The van der Waals surface area contributed by atoms with E-state index in [1.165, 1.54) is 23.5 Å². The molecule has 2 saturated heterocycles. The van der Waals surface area contributed by atoms with Crippen LogP contribution in [-0.2, 0) is 17.7 Å². The van der Waals surface area contributed by atoms with E-state index in [1.807, 2.05) is 16.3 Å². The van der Waals surface area contributed by atoms with Crippen LogP contribution in [0.4, 0.5) is 4.39 Å². The quantitative estimate of drug-likeness (QED) is 0.183. The Hall–Kier alpha value is -3.20. The number of H-pyrrole nitrogens is 1. The van der Waals surface area contributed by atoms with E-state index in [4.69, 9.17) is 4.74 Å². The Kier molecular flexibility index (Phi) is 9.88. The number of aromatic amines is 1. The summed E-state index contributed by atoms with van der Waals surface area (Å²) >= 11 is 2.49. The number of aromatic hydroxyl groups is 1. The number of nitrogens with zero attached hydrogens (tertiary/aromatic N) is 3. The highest BCUT2D eigenvalue weighted by molar-refractivity contribution is 7.16. The summed E-state index contributed by atoms with van der Waals surface area (Å²) in [6.07, 6.45) is 1.34. The molecule has 0 bridgehead atoms. The topological polar surface area (TPSA) is 131 Å². The van der Waals surface area contributed by atoms with Gasteiger partial charge in [-0.25, -0.2) is 9.37 Å². The average molecular weight is 670 g/mol. The normalized spacial score (nSPS) is 17.7. The molecular formula is C33H40FN5O5S2. The number of hydrogen-bond donors (Lipinski definition) is 4. The SMILES string of the molecule is CC(C)c1nc(C(=O)N2CCOC3(CCN(Cc4cc(CCNC[C@H](O)c5ccc(O)c6[nH]c(=O)sc56)ccc4F)CC3)C2)cs1. The Morgan fingerprint density at radius 1 is 1.22 bits per heavy atom.